The van der Waals surface area contributed by atoms with Crippen LogP contribution in [0.4, 0.5) is 11.4 Å². The summed E-state index contributed by atoms with van der Waals surface area (Å²) in [6, 6.07) is 12.7. The number of hydrogen-bond acceptors (Lipinski definition) is 7. The third kappa shape index (κ3) is 4.69. The van der Waals surface area contributed by atoms with Gasteiger partial charge in [-0.3, -0.25) is 29.0 Å². The Bertz CT molecular complexity index is 1250. The first kappa shape index (κ1) is 25.7. The van der Waals surface area contributed by atoms with Gasteiger partial charge in [0.25, 0.3) is 11.8 Å². The fourth-order valence-corrected chi connectivity index (χ4v) is 5.55. The predicted octanol–water partition coefficient (Wildman–Crippen LogP) is 2.19. The van der Waals surface area contributed by atoms with E-state index in [1.165, 1.54) is 7.05 Å². The molecule has 198 valence electrons. The lowest BCUT2D eigenvalue weighted by atomic mass is 10.0. The lowest BCUT2D eigenvalue weighted by Crippen LogP contribution is -2.63. The molecule has 3 aliphatic heterocycles. The molecule has 3 aliphatic rings. The highest BCUT2D eigenvalue weighted by Crippen LogP contribution is 2.32. The average molecular weight is 516 g/mol. The van der Waals surface area contributed by atoms with Crippen molar-refractivity contribution in [3.63, 3.8) is 0 Å². The van der Waals surface area contributed by atoms with E-state index in [-0.39, 0.29) is 5.91 Å². The number of aldehydes is 1. The molecule has 1 atom stereocenters. The highest BCUT2D eigenvalue weighted by molar-refractivity contribution is 6.23. The molecule has 0 bridgehead atoms. The van der Waals surface area contributed by atoms with E-state index in [9.17, 15) is 19.2 Å². The van der Waals surface area contributed by atoms with E-state index in [1.807, 2.05) is 30.3 Å². The maximum absolute atomic E-state index is 13.3. The monoisotopic (exact) mass is 515 g/mol. The zero-order valence-electron chi connectivity index (χ0n) is 21.6. The smallest absolute Gasteiger partial charge is 0.262 e. The number of imide groups is 1. The number of benzene rings is 2. The molecule has 0 radical (unpaired) electrons. The van der Waals surface area contributed by atoms with Crippen molar-refractivity contribution >= 4 is 35.4 Å². The summed E-state index contributed by atoms with van der Waals surface area (Å²) in [4.78, 5) is 57.9. The van der Waals surface area contributed by atoms with Gasteiger partial charge in [0.15, 0.2) is 0 Å². The molecule has 0 spiro atoms. The van der Waals surface area contributed by atoms with Crippen molar-refractivity contribution in [1.29, 1.82) is 0 Å². The Morgan fingerprint density at radius 1 is 0.974 bits per heavy atom. The number of rotatable bonds is 9. The molecule has 0 aromatic heterocycles. The largest absolute Gasteiger partial charge is 0.369 e. The van der Waals surface area contributed by atoms with Gasteiger partial charge in [0.05, 0.1) is 11.1 Å². The Balaban J connectivity index is 1.19. The number of likely N-dealkylation sites (N-methyl/N-ethyl adjacent to an activating group) is 1. The van der Waals surface area contributed by atoms with Crippen LogP contribution in [0.1, 0.15) is 43.9 Å². The van der Waals surface area contributed by atoms with Crippen molar-refractivity contribution in [1.82, 2.24) is 15.1 Å². The van der Waals surface area contributed by atoms with Gasteiger partial charge in [-0.25, -0.2) is 0 Å². The van der Waals surface area contributed by atoms with Gasteiger partial charge in [-0.1, -0.05) is 6.08 Å². The van der Waals surface area contributed by atoms with Gasteiger partial charge in [0, 0.05) is 69.3 Å². The van der Waals surface area contributed by atoms with Crippen LogP contribution < -0.4 is 15.1 Å². The van der Waals surface area contributed by atoms with Gasteiger partial charge in [-0.2, -0.15) is 0 Å². The summed E-state index contributed by atoms with van der Waals surface area (Å²) >= 11 is 0. The normalized spacial score (nSPS) is 18.7. The standard InChI is InChI=1S/C29H33N5O4/c1-3-4-5-26(27(36)30-2)34-28(37)24-11-10-22(16-25(24)29(34)38)33-17-23(18-33)32-14-12-31(13-15-32)21-8-6-20(19-35)7-9-21/h3,6-11,16,19,23,26H,1,4-5,12-15,17-18H2,2H3,(H,30,36). The van der Waals surface area contributed by atoms with Crippen LogP contribution in [0.3, 0.4) is 0 Å². The molecule has 0 aliphatic carbocycles. The van der Waals surface area contributed by atoms with E-state index in [1.54, 1.807) is 18.2 Å². The first-order valence-corrected chi connectivity index (χ1v) is 13.1. The molecule has 9 nitrogen and oxygen atoms in total. The van der Waals surface area contributed by atoms with Gasteiger partial charge >= 0.3 is 0 Å². The van der Waals surface area contributed by atoms with Crippen molar-refractivity contribution in [2.24, 2.45) is 0 Å². The summed E-state index contributed by atoms with van der Waals surface area (Å²) in [6.07, 6.45) is 3.40. The van der Waals surface area contributed by atoms with Gasteiger partial charge in [0.2, 0.25) is 5.91 Å². The van der Waals surface area contributed by atoms with E-state index in [0.29, 0.717) is 35.6 Å². The maximum atomic E-state index is 13.3. The summed E-state index contributed by atoms with van der Waals surface area (Å²) < 4.78 is 0. The molecule has 2 aromatic rings. The van der Waals surface area contributed by atoms with Gasteiger partial charge in [0.1, 0.15) is 12.3 Å². The number of fused-ring (bicyclic) bond motifs is 1. The van der Waals surface area contributed by atoms with E-state index >= 15 is 0 Å². The molecule has 2 aromatic carbocycles. The number of amides is 3. The number of nitrogens with zero attached hydrogens (tertiary/aromatic N) is 4. The molecular weight excluding hydrogens is 482 g/mol. The second-order valence-electron chi connectivity index (χ2n) is 10.00. The van der Waals surface area contributed by atoms with E-state index in [0.717, 1.165) is 61.8 Å². The highest BCUT2D eigenvalue weighted by Gasteiger charge is 2.43. The minimum atomic E-state index is -0.858. The Kier molecular flexibility index (Phi) is 7.28. The van der Waals surface area contributed by atoms with Crippen LogP contribution in [-0.4, -0.2) is 92.2 Å². The topological polar surface area (TPSA) is 93.3 Å². The van der Waals surface area contributed by atoms with Crippen LogP contribution in [-0.2, 0) is 4.79 Å². The molecule has 3 heterocycles. The molecular formula is C29H33N5O4. The van der Waals surface area contributed by atoms with Gasteiger partial charge < -0.3 is 15.1 Å². The van der Waals surface area contributed by atoms with E-state index < -0.39 is 17.9 Å². The lowest BCUT2D eigenvalue weighted by molar-refractivity contribution is -0.124. The summed E-state index contributed by atoms with van der Waals surface area (Å²) in [6.45, 7) is 9.20. The highest BCUT2D eigenvalue weighted by atomic mass is 16.2. The Morgan fingerprint density at radius 3 is 2.26 bits per heavy atom. The summed E-state index contributed by atoms with van der Waals surface area (Å²) in [5, 5.41) is 2.57. The minimum Gasteiger partial charge on any atom is -0.369 e. The third-order valence-electron chi connectivity index (χ3n) is 7.86. The second kappa shape index (κ2) is 10.8. The van der Waals surface area contributed by atoms with E-state index in [2.05, 4.69) is 26.6 Å². The number of anilines is 2. The number of nitrogens with one attached hydrogen (secondary N) is 1. The fourth-order valence-electron chi connectivity index (χ4n) is 5.55. The molecule has 1 unspecified atom stereocenters. The van der Waals surface area contributed by atoms with Crippen LogP contribution in [0.2, 0.25) is 0 Å². The molecule has 2 saturated heterocycles. The number of hydrogen-bond donors (Lipinski definition) is 1. The Morgan fingerprint density at radius 2 is 1.63 bits per heavy atom. The number of piperazine rings is 1. The van der Waals surface area contributed by atoms with Crippen molar-refractivity contribution in [3.05, 3.63) is 71.8 Å². The second-order valence-corrected chi connectivity index (χ2v) is 10.00. The predicted molar refractivity (Wildman–Crippen MR) is 146 cm³/mol. The summed E-state index contributed by atoms with van der Waals surface area (Å²) in [7, 11) is 1.51. The average Bonchev–Trinajstić information content (AvgIpc) is 3.17. The molecule has 0 saturated carbocycles. The third-order valence-corrected chi connectivity index (χ3v) is 7.86. The summed E-state index contributed by atoms with van der Waals surface area (Å²) in [5.74, 6) is -1.20. The van der Waals surface area contributed by atoms with Gasteiger partial charge in [-0.15, -0.1) is 6.58 Å². The zero-order chi connectivity index (χ0) is 26.8. The first-order valence-electron chi connectivity index (χ1n) is 13.1. The van der Waals surface area contributed by atoms with Crippen LogP contribution in [0, 0.1) is 0 Å². The number of allylic oxidation sites excluding steroid dienone is 1. The summed E-state index contributed by atoms with van der Waals surface area (Å²) in [5.41, 5.74) is 3.45. The van der Waals surface area contributed by atoms with E-state index in [4.69, 9.17) is 0 Å². The van der Waals surface area contributed by atoms with Crippen molar-refractivity contribution in [3.8, 4) is 0 Å². The molecule has 2 fully saturated rings. The van der Waals surface area contributed by atoms with Crippen LogP contribution >= 0.6 is 0 Å². The molecule has 5 rings (SSSR count). The zero-order valence-corrected chi connectivity index (χ0v) is 21.6. The fraction of sp³-hybridized carbons (Fsp3) is 0.379. The number of carbonyl (C=O) groups is 4. The maximum Gasteiger partial charge on any atom is 0.262 e. The van der Waals surface area contributed by atoms with Crippen LogP contribution in [0.15, 0.2) is 55.1 Å². The lowest BCUT2D eigenvalue weighted by Gasteiger charge is -2.49. The van der Waals surface area contributed by atoms with Crippen molar-refractivity contribution in [2.75, 3.05) is 56.1 Å². The molecule has 3 amide bonds. The quantitative estimate of drug-likeness (QED) is 0.311. The molecule has 38 heavy (non-hydrogen) atoms. The minimum absolute atomic E-state index is 0.340. The van der Waals surface area contributed by atoms with Gasteiger partial charge in [-0.05, 0) is 55.3 Å². The van der Waals surface area contributed by atoms with Crippen LogP contribution in [0.5, 0.6) is 0 Å². The number of carbonyl (C=O) groups excluding carboxylic acids is 4. The molecule has 1 N–H and O–H groups in total. The Hall–Kier alpha value is -3.98. The Labute approximate surface area is 222 Å². The first-order chi connectivity index (χ1) is 18.4. The van der Waals surface area contributed by atoms with Crippen molar-refractivity contribution in [2.45, 2.75) is 24.9 Å². The molecule has 9 heteroatoms. The van der Waals surface area contributed by atoms with Crippen LogP contribution in [0.25, 0.3) is 0 Å². The van der Waals surface area contributed by atoms with Crippen molar-refractivity contribution < 1.29 is 19.2 Å². The SMILES string of the molecule is C=CCCC(C(=O)NC)N1C(=O)c2ccc(N3CC(N4CCN(c5ccc(C=O)cc5)CC4)C3)cc2C1=O.